The van der Waals surface area contributed by atoms with E-state index < -0.39 is 0 Å². The van der Waals surface area contributed by atoms with E-state index in [1.54, 1.807) is 0 Å². The van der Waals surface area contributed by atoms with Gasteiger partial charge in [-0.2, -0.15) is 0 Å². The Hall–Kier alpha value is -2.85. The van der Waals surface area contributed by atoms with Crippen molar-refractivity contribution in [3.8, 4) is 11.8 Å². The minimum Gasteiger partial charge on any atom is -0.205 e. The van der Waals surface area contributed by atoms with E-state index in [1.165, 1.54) is 49.7 Å². The number of aryl methyl sites for hydroxylation is 2. The molecular formula is C32H35F. The third-order valence-corrected chi connectivity index (χ3v) is 7.31. The predicted molar refractivity (Wildman–Crippen MR) is 139 cm³/mol. The van der Waals surface area contributed by atoms with Crippen LogP contribution in [0.25, 0.3) is 10.8 Å². The first-order valence-electron chi connectivity index (χ1n) is 12.6. The van der Waals surface area contributed by atoms with Crippen LogP contribution in [0.2, 0.25) is 0 Å². The maximum atomic E-state index is 15.1. The van der Waals surface area contributed by atoms with Crippen LogP contribution in [0.5, 0.6) is 0 Å². The fourth-order valence-corrected chi connectivity index (χ4v) is 5.09. The van der Waals surface area contributed by atoms with Crippen LogP contribution in [0.4, 0.5) is 4.39 Å². The van der Waals surface area contributed by atoms with Crippen molar-refractivity contribution in [2.45, 2.75) is 64.7 Å². The van der Waals surface area contributed by atoms with E-state index in [9.17, 15) is 0 Å². The average Bonchev–Trinajstić information content (AvgIpc) is 2.86. The SMILES string of the molecule is C=CCCC1CCC(CCc2ccc3c(F)c(C#Cc4ccc(CC)cc4)ccc3c2)CC1. The second-order valence-corrected chi connectivity index (χ2v) is 9.57. The molecule has 1 heteroatoms. The van der Waals surface area contributed by atoms with Crippen molar-refractivity contribution >= 4 is 10.8 Å². The number of benzene rings is 3. The number of allylic oxidation sites excluding steroid dienone is 1. The first kappa shape index (κ1) is 23.3. The van der Waals surface area contributed by atoms with Gasteiger partial charge in [-0.3, -0.25) is 0 Å². The highest BCUT2D eigenvalue weighted by atomic mass is 19.1. The van der Waals surface area contributed by atoms with Gasteiger partial charge in [-0.15, -0.1) is 6.58 Å². The Balaban J connectivity index is 1.39. The molecule has 3 aromatic carbocycles. The summed E-state index contributed by atoms with van der Waals surface area (Å²) in [4.78, 5) is 0. The smallest absolute Gasteiger partial charge is 0.146 e. The lowest BCUT2D eigenvalue weighted by Gasteiger charge is -2.28. The molecule has 3 aromatic rings. The van der Waals surface area contributed by atoms with E-state index >= 15 is 4.39 Å². The lowest BCUT2D eigenvalue weighted by atomic mass is 9.78. The first-order chi connectivity index (χ1) is 16.2. The fourth-order valence-electron chi connectivity index (χ4n) is 5.09. The second-order valence-electron chi connectivity index (χ2n) is 9.57. The van der Waals surface area contributed by atoms with Crippen LogP contribution in [0.15, 0.2) is 67.3 Å². The van der Waals surface area contributed by atoms with Crippen molar-refractivity contribution < 1.29 is 4.39 Å². The summed E-state index contributed by atoms with van der Waals surface area (Å²) in [5, 5.41) is 1.63. The fraction of sp³-hybridized carbons (Fsp3) is 0.375. The zero-order valence-corrected chi connectivity index (χ0v) is 19.9. The molecule has 0 N–H and O–H groups in total. The van der Waals surface area contributed by atoms with Crippen LogP contribution in [0.3, 0.4) is 0 Å². The van der Waals surface area contributed by atoms with E-state index in [1.807, 2.05) is 30.3 Å². The van der Waals surface area contributed by atoms with E-state index in [4.69, 9.17) is 0 Å². The molecule has 0 nitrogen and oxygen atoms in total. The van der Waals surface area contributed by atoms with Crippen LogP contribution < -0.4 is 0 Å². The van der Waals surface area contributed by atoms with Gasteiger partial charge >= 0.3 is 0 Å². The average molecular weight is 439 g/mol. The Labute approximate surface area is 198 Å². The summed E-state index contributed by atoms with van der Waals surface area (Å²) in [5.74, 6) is 7.65. The van der Waals surface area contributed by atoms with Gasteiger partial charge in [0, 0.05) is 10.9 Å². The first-order valence-corrected chi connectivity index (χ1v) is 12.6. The second kappa shape index (κ2) is 11.3. The molecule has 1 aliphatic rings. The Morgan fingerprint density at radius 3 is 2.27 bits per heavy atom. The Kier molecular flexibility index (Phi) is 8.01. The summed E-state index contributed by atoms with van der Waals surface area (Å²) >= 11 is 0. The lowest BCUT2D eigenvalue weighted by Crippen LogP contribution is -2.15. The van der Waals surface area contributed by atoms with E-state index in [0.29, 0.717) is 10.9 Å². The standard InChI is InChI=1S/C32H35F/c1-3-5-6-25-11-13-26(14-12-25)15-16-28-18-22-31-30(23-28)21-20-29(32(31)33)19-17-27-9-7-24(4-2)8-10-27/h3,7-10,18,20-23,25-26H,1,4-6,11-16H2,2H3. The topological polar surface area (TPSA) is 0 Å². The van der Waals surface area contributed by atoms with Gasteiger partial charge in [0.15, 0.2) is 0 Å². The lowest BCUT2D eigenvalue weighted by molar-refractivity contribution is 0.254. The molecule has 0 unspecified atom stereocenters. The normalized spacial score (nSPS) is 18.0. The van der Waals surface area contributed by atoms with Crippen LogP contribution in [0.1, 0.15) is 74.1 Å². The van der Waals surface area contributed by atoms with Crippen molar-refractivity contribution in [2.75, 3.05) is 0 Å². The Morgan fingerprint density at radius 2 is 1.58 bits per heavy atom. The van der Waals surface area contributed by atoms with Gasteiger partial charge in [0.1, 0.15) is 5.82 Å². The maximum absolute atomic E-state index is 15.1. The van der Waals surface area contributed by atoms with Gasteiger partial charge in [0.25, 0.3) is 0 Å². The summed E-state index contributed by atoms with van der Waals surface area (Å²) in [7, 11) is 0. The molecule has 1 saturated carbocycles. The number of halogens is 1. The highest BCUT2D eigenvalue weighted by Crippen LogP contribution is 2.34. The van der Waals surface area contributed by atoms with Crippen molar-refractivity contribution in [1.82, 2.24) is 0 Å². The minimum atomic E-state index is -0.213. The molecular weight excluding hydrogens is 403 g/mol. The molecule has 0 heterocycles. The van der Waals surface area contributed by atoms with Crippen molar-refractivity contribution in [2.24, 2.45) is 11.8 Å². The largest absolute Gasteiger partial charge is 0.205 e. The number of hydrogen-bond donors (Lipinski definition) is 0. The molecule has 0 atom stereocenters. The molecule has 1 fully saturated rings. The van der Waals surface area contributed by atoms with Gasteiger partial charge in [-0.25, -0.2) is 4.39 Å². The highest BCUT2D eigenvalue weighted by molar-refractivity contribution is 5.85. The third-order valence-electron chi connectivity index (χ3n) is 7.31. The minimum absolute atomic E-state index is 0.213. The van der Waals surface area contributed by atoms with Crippen molar-refractivity contribution in [3.05, 3.63) is 95.3 Å². The van der Waals surface area contributed by atoms with E-state index in [2.05, 4.69) is 55.7 Å². The monoisotopic (exact) mass is 438 g/mol. The molecule has 1 aliphatic carbocycles. The molecule has 4 rings (SSSR count). The summed E-state index contributed by atoms with van der Waals surface area (Å²) in [5.41, 5.74) is 3.97. The Bertz CT molecular complexity index is 1130. The maximum Gasteiger partial charge on any atom is 0.146 e. The van der Waals surface area contributed by atoms with Gasteiger partial charge in [0.2, 0.25) is 0 Å². The number of rotatable bonds is 7. The van der Waals surface area contributed by atoms with Crippen LogP contribution in [0, 0.1) is 29.5 Å². The van der Waals surface area contributed by atoms with Gasteiger partial charge in [-0.1, -0.05) is 86.9 Å². The molecule has 0 radical (unpaired) electrons. The molecule has 0 aliphatic heterocycles. The van der Waals surface area contributed by atoms with Gasteiger partial charge in [-0.05, 0) is 78.7 Å². The molecule has 0 spiro atoms. The van der Waals surface area contributed by atoms with Crippen LogP contribution in [-0.2, 0) is 12.8 Å². The van der Waals surface area contributed by atoms with E-state index in [-0.39, 0.29) is 5.82 Å². The Morgan fingerprint density at radius 1 is 0.879 bits per heavy atom. The number of hydrogen-bond acceptors (Lipinski definition) is 0. The molecule has 0 aromatic heterocycles. The third kappa shape index (κ3) is 6.14. The summed E-state index contributed by atoms with van der Waals surface area (Å²) < 4.78 is 15.1. The van der Waals surface area contributed by atoms with Crippen molar-refractivity contribution in [3.63, 3.8) is 0 Å². The summed E-state index contributed by atoms with van der Waals surface area (Å²) in [6.45, 7) is 5.98. The van der Waals surface area contributed by atoms with Crippen LogP contribution >= 0.6 is 0 Å². The molecule has 33 heavy (non-hydrogen) atoms. The molecule has 0 bridgehead atoms. The summed E-state index contributed by atoms with van der Waals surface area (Å²) in [6, 6.07) is 18.2. The molecule has 0 amide bonds. The zero-order chi connectivity index (χ0) is 23.0. The number of fused-ring (bicyclic) bond motifs is 1. The van der Waals surface area contributed by atoms with Gasteiger partial charge in [0.05, 0.1) is 5.56 Å². The zero-order valence-electron chi connectivity index (χ0n) is 19.9. The van der Waals surface area contributed by atoms with Crippen LogP contribution in [-0.4, -0.2) is 0 Å². The quantitative estimate of drug-likeness (QED) is 0.256. The molecule has 170 valence electrons. The molecule has 0 saturated heterocycles. The highest BCUT2D eigenvalue weighted by Gasteiger charge is 2.20. The van der Waals surface area contributed by atoms with E-state index in [0.717, 1.165) is 42.0 Å². The summed E-state index contributed by atoms with van der Waals surface area (Å²) in [6.07, 6.45) is 13.3. The predicted octanol–water partition coefficient (Wildman–Crippen LogP) is 8.65. The van der Waals surface area contributed by atoms with Crippen molar-refractivity contribution in [1.29, 1.82) is 0 Å². The van der Waals surface area contributed by atoms with Gasteiger partial charge < -0.3 is 0 Å².